The molecule has 5 nitrogen and oxygen atoms in total. The van der Waals surface area contributed by atoms with Gasteiger partial charge in [-0.15, -0.1) is 11.3 Å². The normalized spacial score (nSPS) is 10.5. The van der Waals surface area contributed by atoms with Gasteiger partial charge in [-0.05, 0) is 31.5 Å². The lowest BCUT2D eigenvalue weighted by atomic mass is 10.2. The van der Waals surface area contributed by atoms with Crippen molar-refractivity contribution in [2.45, 2.75) is 26.8 Å². The smallest absolute Gasteiger partial charge is 0.339 e. The van der Waals surface area contributed by atoms with E-state index in [1.807, 2.05) is 13.0 Å². The van der Waals surface area contributed by atoms with E-state index in [1.54, 1.807) is 13.0 Å². The van der Waals surface area contributed by atoms with E-state index in [-0.39, 0.29) is 18.0 Å². The summed E-state index contributed by atoms with van der Waals surface area (Å²) in [6.07, 6.45) is 0.900. The van der Waals surface area contributed by atoms with E-state index in [9.17, 15) is 9.59 Å². The van der Waals surface area contributed by atoms with Gasteiger partial charge in [-0.2, -0.15) is 0 Å². The maximum atomic E-state index is 11.9. The molecule has 0 saturated heterocycles. The molecule has 0 bridgehead atoms. The van der Waals surface area contributed by atoms with Crippen LogP contribution < -0.4 is 5.32 Å². The van der Waals surface area contributed by atoms with Crippen molar-refractivity contribution in [3.05, 3.63) is 45.0 Å². The first-order valence-electron chi connectivity index (χ1n) is 6.20. The van der Waals surface area contributed by atoms with Gasteiger partial charge in [-0.25, -0.2) is 4.79 Å². The third-order valence-corrected chi connectivity index (χ3v) is 4.08. The quantitative estimate of drug-likeness (QED) is 0.888. The molecule has 1 amide bonds. The van der Waals surface area contributed by atoms with Gasteiger partial charge < -0.3 is 14.8 Å². The number of aryl methyl sites for hydroxylation is 2. The van der Waals surface area contributed by atoms with Crippen molar-refractivity contribution in [1.29, 1.82) is 0 Å². The molecule has 2 rings (SSSR count). The molecule has 2 heterocycles. The molecule has 0 saturated carbocycles. The molecular formula is C14H15NO4S. The van der Waals surface area contributed by atoms with E-state index in [0.717, 1.165) is 11.3 Å². The van der Waals surface area contributed by atoms with Gasteiger partial charge in [0.1, 0.15) is 17.1 Å². The van der Waals surface area contributed by atoms with Crippen molar-refractivity contribution in [3.63, 3.8) is 0 Å². The summed E-state index contributed by atoms with van der Waals surface area (Å²) < 4.78 is 5.30. The molecule has 2 aromatic rings. The number of amides is 1. The Labute approximate surface area is 120 Å². The highest BCUT2D eigenvalue weighted by molar-refractivity contribution is 7.14. The van der Waals surface area contributed by atoms with E-state index in [1.165, 1.54) is 17.4 Å². The van der Waals surface area contributed by atoms with Crippen molar-refractivity contribution >= 4 is 23.2 Å². The Morgan fingerprint density at radius 2 is 2.15 bits per heavy atom. The van der Waals surface area contributed by atoms with Crippen LogP contribution in [0.2, 0.25) is 0 Å². The fourth-order valence-electron chi connectivity index (χ4n) is 1.79. The molecule has 0 radical (unpaired) electrons. The monoisotopic (exact) mass is 293 g/mol. The van der Waals surface area contributed by atoms with E-state index in [0.29, 0.717) is 16.4 Å². The number of furan rings is 1. The van der Waals surface area contributed by atoms with Crippen LogP contribution in [0.15, 0.2) is 22.6 Å². The van der Waals surface area contributed by atoms with Crippen LogP contribution in [0.5, 0.6) is 0 Å². The standard InChI is InChI=1S/C14H15NO4S/c1-3-10-4-5-12(20-10)13(16)15-7-9-6-11(14(17)18)8(2)19-9/h4-6H,3,7H2,1-2H3,(H,15,16)(H,17,18). The molecule has 0 unspecified atom stereocenters. The van der Waals surface area contributed by atoms with Crippen molar-refractivity contribution in [3.8, 4) is 0 Å². The van der Waals surface area contributed by atoms with E-state index >= 15 is 0 Å². The average Bonchev–Trinajstić information content (AvgIpc) is 3.02. The highest BCUT2D eigenvalue weighted by atomic mass is 32.1. The van der Waals surface area contributed by atoms with Gasteiger partial charge in [0.2, 0.25) is 0 Å². The lowest BCUT2D eigenvalue weighted by molar-refractivity contribution is 0.0694. The summed E-state index contributed by atoms with van der Waals surface area (Å²) in [5.74, 6) is -0.443. The number of carboxylic acids is 1. The maximum absolute atomic E-state index is 11.9. The molecular weight excluding hydrogens is 278 g/mol. The maximum Gasteiger partial charge on any atom is 0.339 e. The van der Waals surface area contributed by atoms with Crippen LogP contribution in [0.1, 0.15) is 43.4 Å². The summed E-state index contributed by atoms with van der Waals surface area (Å²) in [6, 6.07) is 5.15. The van der Waals surface area contributed by atoms with Crippen molar-refractivity contribution in [2.75, 3.05) is 0 Å². The SMILES string of the molecule is CCc1ccc(C(=O)NCc2cc(C(=O)O)c(C)o2)s1. The van der Waals surface area contributed by atoms with Gasteiger partial charge in [0.15, 0.2) is 0 Å². The summed E-state index contributed by atoms with van der Waals surface area (Å²) >= 11 is 1.45. The third kappa shape index (κ3) is 3.08. The third-order valence-electron chi connectivity index (χ3n) is 2.86. The van der Waals surface area contributed by atoms with Gasteiger partial charge in [-0.3, -0.25) is 4.79 Å². The van der Waals surface area contributed by atoms with Crippen LogP contribution >= 0.6 is 11.3 Å². The van der Waals surface area contributed by atoms with Crippen LogP contribution in [-0.2, 0) is 13.0 Å². The predicted octanol–water partition coefficient (Wildman–Crippen LogP) is 2.84. The molecule has 0 spiro atoms. The van der Waals surface area contributed by atoms with Crippen molar-refractivity contribution in [1.82, 2.24) is 5.32 Å². The van der Waals surface area contributed by atoms with Crippen LogP contribution in [0.25, 0.3) is 0 Å². The first-order chi connectivity index (χ1) is 9.51. The number of hydrogen-bond acceptors (Lipinski definition) is 4. The summed E-state index contributed by atoms with van der Waals surface area (Å²) in [7, 11) is 0. The van der Waals surface area contributed by atoms with Gasteiger partial charge in [-0.1, -0.05) is 6.92 Å². The number of carboxylic acid groups (broad SMARTS) is 1. The van der Waals surface area contributed by atoms with Gasteiger partial charge in [0.25, 0.3) is 5.91 Å². The number of hydrogen-bond donors (Lipinski definition) is 2. The molecule has 0 fully saturated rings. The van der Waals surface area contributed by atoms with Crippen LogP contribution in [0.4, 0.5) is 0 Å². The van der Waals surface area contributed by atoms with Crippen LogP contribution in [0.3, 0.4) is 0 Å². The topological polar surface area (TPSA) is 79.5 Å². The highest BCUT2D eigenvalue weighted by Gasteiger charge is 2.15. The number of nitrogens with one attached hydrogen (secondary N) is 1. The zero-order chi connectivity index (χ0) is 14.7. The Morgan fingerprint density at radius 3 is 2.70 bits per heavy atom. The molecule has 106 valence electrons. The first kappa shape index (κ1) is 14.3. The van der Waals surface area contributed by atoms with E-state index in [4.69, 9.17) is 9.52 Å². The zero-order valence-electron chi connectivity index (χ0n) is 11.2. The lowest BCUT2D eigenvalue weighted by Gasteiger charge is -2.00. The van der Waals surface area contributed by atoms with Gasteiger partial charge >= 0.3 is 5.97 Å². The molecule has 0 aliphatic carbocycles. The second-order valence-corrected chi connectivity index (χ2v) is 5.46. The Morgan fingerprint density at radius 1 is 1.40 bits per heavy atom. The number of aromatic carboxylic acids is 1. The summed E-state index contributed by atoms with van der Waals surface area (Å²) in [5.41, 5.74) is 0.124. The average molecular weight is 293 g/mol. The van der Waals surface area contributed by atoms with Crippen LogP contribution in [0, 0.1) is 6.92 Å². The highest BCUT2D eigenvalue weighted by Crippen LogP contribution is 2.18. The van der Waals surface area contributed by atoms with Crippen LogP contribution in [-0.4, -0.2) is 17.0 Å². The molecule has 0 aliphatic rings. The fourth-order valence-corrected chi connectivity index (χ4v) is 2.65. The molecule has 0 aromatic carbocycles. The Bertz CT molecular complexity index is 641. The largest absolute Gasteiger partial charge is 0.478 e. The molecule has 2 aromatic heterocycles. The summed E-state index contributed by atoms with van der Waals surface area (Å²) in [4.78, 5) is 24.6. The number of carbonyl (C=O) groups is 2. The molecule has 6 heteroatoms. The summed E-state index contributed by atoms with van der Waals surface area (Å²) in [5, 5.41) is 11.6. The van der Waals surface area contributed by atoms with E-state index in [2.05, 4.69) is 5.32 Å². The second-order valence-electron chi connectivity index (χ2n) is 4.29. The molecule has 0 aliphatic heterocycles. The Balaban J connectivity index is 1.99. The van der Waals surface area contributed by atoms with Gasteiger partial charge in [0.05, 0.1) is 11.4 Å². The number of carbonyl (C=O) groups excluding carboxylic acids is 1. The van der Waals surface area contributed by atoms with Gasteiger partial charge in [0, 0.05) is 4.88 Å². The predicted molar refractivity (Wildman–Crippen MR) is 75.3 cm³/mol. The molecule has 0 atom stereocenters. The minimum atomic E-state index is -1.03. The Hall–Kier alpha value is -2.08. The lowest BCUT2D eigenvalue weighted by Crippen LogP contribution is -2.21. The zero-order valence-corrected chi connectivity index (χ0v) is 12.0. The number of thiophene rings is 1. The second kappa shape index (κ2) is 5.92. The minimum Gasteiger partial charge on any atom is -0.478 e. The molecule has 20 heavy (non-hydrogen) atoms. The Kier molecular flexibility index (Phi) is 4.24. The minimum absolute atomic E-state index is 0.124. The summed E-state index contributed by atoms with van der Waals surface area (Å²) in [6.45, 7) is 3.79. The van der Waals surface area contributed by atoms with Crippen molar-refractivity contribution < 1.29 is 19.1 Å². The first-order valence-corrected chi connectivity index (χ1v) is 7.02. The molecule has 2 N–H and O–H groups in total. The fraction of sp³-hybridized carbons (Fsp3) is 0.286. The number of rotatable bonds is 5. The van der Waals surface area contributed by atoms with Crippen molar-refractivity contribution in [2.24, 2.45) is 0 Å². The van der Waals surface area contributed by atoms with E-state index < -0.39 is 5.97 Å².